The molecule has 146 valence electrons. The zero-order valence-electron chi connectivity index (χ0n) is 16.1. The van der Waals surface area contributed by atoms with Crippen molar-refractivity contribution in [1.29, 1.82) is 0 Å². The van der Waals surface area contributed by atoms with Crippen LogP contribution in [-0.2, 0) is 6.42 Å². The Labute approximate surface area is 160 Å². The molecule has 3 heterocycles. The summed E-state index contributed by atoms with van der Waals surface area (Å²) in [5, 5.41) is 0.485. The van der Waals surface area contributed by atoms with E-state index in [1.165, 1.54) is 6.07 Å². The number of hydrogen-bond donors (Lipinski definition) is 0. The van der Waals surface area contributed by atoms with Gasteiger partial charge >= 0.3 is 5.63 Å². The largest absolute Gasteiger partial charge is 0.485 e. The van der Waals surface area contributed by atoms with E-state index in [1.807, 2.05) is 19.1 Å². The Kier molecular flexibility index (Phi) is 4.57. The highest BCUT2D eigenvalue weighted by Crippen LogP contribution is 2.42. The monoisotopic (exact) mass is 384 g/mol. The molecule has 28 heavy (non-hydrogen) atoms. The third-order valence-corrected chi connectivity index (χ3v) is 5.00. The molecule has 0 saturated carbocycles. The minimum Gasteiger partial charge on any atom is -0.485 e. The number of halogens is 1. The maximum atomic E-state index is 14.7. The van der Waals surface area contributed by atoms with E-state index in [0.717, 1.165) is 12.8 Å². The number of aryl methyl sites for hydroxylation is 2. The molecule has 0 amide bonds. The van der Waals surface area contributed by atoms with Crippen molar-refractivity contribution in [1.82, 2.24) is 0 Å². The molecule has 0 spiro atoms. The average molecular weight is 384 g/mol. The van der Waals surface area contributed by atoms with Crippen LogP contribution in [0.25, 0.3) is 28.0 Å². The van der Waals surface area contributed by atoms with Crippen LogP contribution in [0.2, 0.25) is 0 Å². The molecule has 0 bridgehead atoms. The molecule has 1 aromatic carbocycles. The first kappa shape index (κ1) is 18.5. The molecule has 4 rings (SSSR count). The van der Waals surface area contributed by atoms with E-state index >= 15 is 0 Å². The number of rotatable bonds is 4. The lowest BCUT2D eigenvalue weighted by Gasteiger charge is -2.24. The van der Waals surface area contributed by atoms with Crippen molar-refractivity contribution >= 4 is 28.0 Å². The fraction of sp³-hybridized carbons (Fsp3) is 0.364. The molecule has 6 heteroatoms. The van der Waals surface area contributed by atoms with Gasteiger partial charge in [0.15, 0.2) is 16.6 Å². The van der Waals surface area contributed by atoms with Crippen LogP contribution in [0.15, 0.2) is 30.6 Å². The van der Waals surface area contributed by atoms with Crippen LogP contribution in [-0.4, -0.2) is 6.10 Å². The lowest BCUT2D eigenvalue weighted by atomic mass is 9.96. The van der Waals surface area contributed by atoms with Crippen LogP contribution in [0, 0.1) is 12.7 Å². The Hall–Kier alpha value is -2.89. The number of benzene rings is 1. The fourth-order valence-corrected chi connectivity index (χ4v) is 3.82. The smallest absolute Gasteiger partial charge is 0.372 e. The summed E-state index contributed by atoms with van der Waals surface area (Å²) in [7, 11) is 0. The minimum absolute atomic E-state index is 0.0305. The first-order chi connectivity index (χ1) is 13.5. The molecule has 1 unspecified atom stereocenters. The van der Waals surface area contributed by atoms with E-state index < -0.39 is 11.4 Å². The highest BCUT2D eigenvalue weighted by molar-refractivity contribution is 6.10. The van der Waals surface area contributed by atoms with E-state index in [9.17, 15) is 14.0 Å². The molecule has 1 aliphatic rings. The highest BCUT2D eigenvalue weighted by Gasteiger charge is 2.28. The molecule has 1 aliphatic heterocycles. The standard InChI is InChI=1S/C22H21FO5/c1-4-6-12-8-9-14-19(27-12)16-13(7-5-2)18(23)22(25)28-21(16)17-15(24)10-11(3)26-20(14)17/h8-10,12H,4-7H2,1-3H3. The fourth-order valence-electron chi connectivity index (χ4n) is 3.82. The SMILES string of the molecule is CCCc1c(F)c(=O)oc2c1c1c(c3oc(C)cc(=O)c32)C=CC(CCC)O1. The molecule has 2 aromatic heterocycles. The van der Waals surface area contributed by atoms with Gasteiger partial charge in [0.2, 0.25) is 5.82 Å². The van der Waals surface area contributed by atoms with Crippen LogP contribution < -0.4 is 15.8 Å². The molecule has 0 radical (unpaired) electrons. The summed E-state index contributed by atoms with van der Waals surface area (Å²) in [5.74, 6) is -0.0951. The van der Waals surface area contributed by atoms with Crippen LogP contribution >= 0.6 is 0 Å². The predicted octanol–water partition coefficient (Wildman–Crippen LogP) is 4.87. The minimum atomic E-state index is -1.09. The Morgan fingerprint density at radius 2 is 1.86 bits per heavy atom. The third-order valence-electron chi connectivity index (χ3n) is 5.00. The zero-order chi connectivity index (χ0) is 20.0. The second-order valence-electron chi connectivity index (χ2n) is 7.11. The van der Waals surface area contributed by atoms with Gasteiger partial charge < -0.3 is 13.6 Å². The quantitative estimate of drug-likeness (QED) is 0.474. The number of hydrogen-bond acceptors (Lipinski definition) is 5. The number of ether oxygens (including phenoxy) is 1. The number of fused-ring (bicyclic) bond motifs is 6. The molecule has 5 nitrogen and oxygen atoms in total. The van der Waals surface area contributed by atoms with Crippen LogP contribution in [0.3, 0.4) is 0 Å². The highest BCUT2D eigenvalue weighted by atomic mass is 19.1. The summed E-state index contributed by atoms with van der Waals surface area (Å²) < 4.78 is 32.0. The Morgan fingerprint density at radius 1 is 1.07 bits per heavy atom. The Morgan fingerprint density at radius 3 is 2.57 bits per heavy atom. The van der Waals surface area contributed by atoms with E-state index in [0.29, 0.717) is 35.3 Å². The first-order valence-electron chi connectivity index (χ1n) is 9.56. The van der Waals surface area contributed by atoms with Crippen molar-refractivity contribution in [3.8, 4) is 5.75 Å². The topological polar surface area (TPSA) is 69.7 Å². The maximum absolute atomic E-state index is 14.7. The molecule has 0 aliphatic carbocycles. The van der Waals surface area contributed by atoms with E-state index in [4.69, 9.17) is 13.6 Å². The van der Waals surface area contributed by atoms with E-state index in [-0.39, 0.29) is 33.6 Å². The Bertz CT molecular complexity index is 1230. The van der Waals surface area contributed by atoms with Gasteiger partial charge in [0.05, 0.1) is 10.9 Å². The van der Waals surface area contributed by atoms with Crippen molar-refractivity contribution in [2.75, 3.05) is 0 Å². The second-order valence-corrected chi connectivity index (χ2v) is 7.11. The van der Waals surface area contributed by atoms with Gasteiger partial charge in [-0.25, -0.2) is 4.79 Å². The van der Waals surface area contributed by atoms with Crippen molar-refractivity contribution in [2.24, 2.45) is 0 Å². The molecular formula is C22H21FO5. The van der Waals surface area contributed by atoms with Gasteiger partial charge in [0.25, 0.3) is 0 Å². The second kappa shape index (κ2) is 6.93. The normalized spacial score (nSPS) is 15.8. The van der Waals surface area contributed by atoms with Gasteiger partial charge in [-0.3, -0.25) is 4.79 Å². The van der Waals surface area contributed by atoms with Crippen LogP contribution in [0.1, 0.15) is 50.0 Å². The van der Waals surface area contributed by atoms with Crippen LogP contribution in [0.4, 0.5) is 4.39 Å². The summed E-state index contributed by atoms with van der Waals surface area (Å²) in [6, 6.07) is 1.34. The Balaban J connectivity index is 2.24. The van der Waals surface area contributed by atoms with Crippen molar-refractivity contribution in [3.05, 3.63) is 55.5 Å². The van der Waals surface area contributed by atoms with Gasteiger partial charge in [-0.2, -0.15) is 4.39 Å². The van der Waals surface area contributed by atoms with E-state index in [2.05, 4.69) is 6.92 Å². The third kappa shape index (κ3) is 2.75. The van der Waals surface area contributed by atoms with Crippen molar-refractivity contribution in [2.45, 2.75) is 52.6 Å². The van der Waals surface area contributed by atoms with Crippen molar-refractivity contribution in [3.63, 3.8) is 0 Å². The summed E-state index contributed by atoms with van der Waals surface area (Å²) in [6.45, 7) is 5.62. The molecule has 0 fully saturated rings. The van der Waals surface area contributed by atoms with Crippen LogP contribution in [0.5, 0.6) is 5.75 Å². The molecular weight excluding hydrogens is 363 g/mol. The summed E-state index contributed by atoms with van der Waals surface area (Å²) in [4.78, 5) is 24.9. The summed E-state index contributed by atoms with van der Waals surface area (Å²) in [6.07, 6.45) is 6.23. The first-order valence-corrected chi connectivity index (χ1v) is 9.56. The maximum Gasteiger partial charge on any atom is 0.372 e. The molecule has 3 aromatic rings. The molecule has 0 saturated heterocycles. The van der Waals surface area contributed by atoms with Gasteiger partial charge in [-0.05, 0) is 31.9 Å². The van der Waals surface area contributed by atoms with Gasteiger partial charge in [-0.15, -0.1) is 0 Å². The van der Waals surface area contributed by atoms with Gasteiger partial charge in [0.1, 0.15) is 23.0 Å². The zero-order valence-corrected chi connectivity index (χ0v) is 16.1. The van der Waals surface area contributed by atoms with E-state index in [1.54, 1.807) is 6.92 Å². The lowest BCUT2D eigenvalue weighted by molar-refractivity contribution is 0.236. The van der Waals surface area contributed by atoms with Gasteiger partial charge in [-0.1, -0.05) is 26.7 Å². The average Bonchev–Trinajstić information content (AvgIpc) is 2.65. The van der Waals surface area contributed by atoms with Gasteiger partial charge in [0, 0.05) is 11.6 Å². The van der Waals surface area contributed by atoms with Crippen molar-refractivity contribution < 1.29 is 18.0 Å². The molecule has 1 atom stereocenters. The summed E-state index contributed by atoms with van der Waals surface area (Å²) in [5.41, 5.74) is -0.320. The summed E-state index contributed by atoms with van der Waals surface area (Å²) >= 11 is 0. The lowest BCUT2D eigenvalue weighted by Crippen LogP contribution is -2.19. The molecule has 0 N–H and O–H groups in total. The predicted molar refractivity (Wildman–Crippen MR) is 106 cm³/mol.